The van der Waals surface area contributed by atoms with Crippen LogP contribution < -0.4 is 0 Å². The van der Waals surface area contributed by atoms with Crippen molar-refractivity contribution in [3.8, 4) is 5.69 Å². The van der Waals surface area contributed by atoms with Gasteiger partial charge in [-0.1, -0.05) is 66.8 Å². The molecular formula is C32H36FN3. The largest absolute Gasteiger partial charge is 0.213 e. The number of para-hydroxylation sites is 1. The lowest BCUT2D eigenvalue weighted by Gasteiger charge is -2.17. The summed E-state index contributed by atoms with van der Waals surface area (Å²) in [5.74, 6) is -0.113. The SMILES string of the molecule is C=C(CC)CCc1cc(CCCCc2c(C(=C)C)cc(C)cc2-n2nnc3ccccc32)ccc1F. The van der Waals surface area contributed by atoms with Crippen LogP contribution in [0.15, 0.2) is 73.3 Å². The molecule has 0 atom stereocenters. The Labute approximate surface area is 214 Å². The number of aromatic nitrogens is 3. The zero-order valence-electron chi connectivity index (χ0n) is 21.8. The molecule has 3 aromatic carbocycles. The van der Waals surface area contributed by atoms with Crippen molar-refractivity contribution >= 4 is 16.6 Å². The molecule has 4 aromatic rings. The number of allylic oxidation sites excluding steroid dienone is 2. The Kier molecular flexibility index (Phi) is 8.14. The maximum absolute atomic E-state index is 14.3. The quantitative estimate of drug-likeness (QED) is 0.159. The number of rotatable bonds is 11. The molecule has 186 valence electrons. The van der Waals surface area contributed by atoms with E-state index in [0.717, 1.165) is 66.4 Å². The normalized spacial score (nSPS) is 11.2. The summed E-state index contributed by atoms with van der Waals surface area (Å²) in [6, 6.07) is 18.0. The van der Waals surface area contributed by atoms with Crippen molar-refractivity contribution in [1.82, 2.24) is 15.0 Å². The summed E-state index contributed by atoms with van der Waals surface area (Å²) < 4.78 is 16.3. The molecule has 36 heavy (non-hydrogen) atoms. The highest BCUT2D eigenvalue weighted by Gasteiger charge is 2.16. The van der Waals surface area contributed by atoms with Crippen molar-refractivity contribution in [2.45, 2.75) is 65.7 Å². The summed E-state index contributed by atoms with van der Waals surface area (Å²) >= 11 is 0. The van der Waals surface area contributed by atoms with Crippen LogP contribution >= 0.6 is 0 Å². The second-order valence-electron chi connectivity index (χ2n) is 9.82. The Balaban J connectivity index is 1.52. The van der Waals surface area contributed by atoms with Gasteiger partial charge in [-0.05, 0) is 111 Å². The van der Waals surface area contributed by atoms with Crippen LogP contribution in [-0.2, 0) is 19.3 Å². The monoisotopic (exact) mass is 481 g/mol. The van der Waals surface area contributed by atoms with E-state index in [1.807, 2.05) is 35.0 Å². The molecule has 0 aliphatic heterocycles. The molecule has 0 radical (unpaired) electrons. The summed E-state index contributed by atoms with van der Waals surface area (Å²) in [6.45, 7) is 14.6. The molecule has 0 unspecified atom stereocenters. The summed E-state index contributed by atoms with van der Waals surface area (Å²) in [5.41, 5.74) is 10.8. The summed E-state index contributed by atoms with van der Waals surface area (Å²) in [6.07, 6.45) is 6.38. The topological polar surface area (TPSA) is 30.7 Å². The molecule has 0 fully saturated rings. The average Bonchev–Trinajstić information content (AvgIpc) is 3.30. The van der Waals surface area contributed by atoms with E-state index in [4.69, 9.17) is 0 Å². The Morgan fingerprint density at radius 1 is 0.972 bits per heavy atom. The second-order valence-corrected chi connectivity index (χ2v) is 9.82. The van der Waals surface area contributed by atoms with Crippen molar-refractivity contribution in [3.05, 3.63) is 107 Å². The van der Waals surface area contributed by atoms with Crippen LogP contribution in [0.25, 0.3) is 22.3 Å². The van der Waals surface area contributed by atoms with Crippen molar-refractivity contribution in [2.24, 2.45) is 0 Å². The Hall–Kier alpha value is -3.53. The first-order chi connectivity index (χ1) is 17.4. The number of fused-ring (bicyclic) bond motifs is 1. The number of unbranched alkanes of at least 4 members (excludes halogenated alkanes) is 1. The molecule has 0 spiro atoms. The Bertz CT molecular complexity index is 1400. The molecule has 3 nitrogen and oxygen atoms in total. The summed E-state index contributed by atoms with van der Waals surface area (Å²) in [7, 11) is 0. The van der Waals surface area contributed by atoms with Gasteiger partial charge >= 0.3 is 0 Å². The summed E-state index contributed by atoms with van der Waals surface area (Å²) in [5, 5.41) is 8.87. The smallest absolute Gasteiger partial charge is 0.126 e. The van der Waals surface area contributed by atoms with Crippen LogP contribution in [0.3, 0.4) is 0 Å². The molecule has 0 bridgehead atoms. The first kappa shape index (κ1) is 25.6. The van der Waals surface area contributed by atoms with Gasteiger partial charge in [-0.3, -0.25) is 0 Å². The van der Waals surface area contributed by atoms with E-state index in [2.05, 4.69) is 62.4 Å². The van der Waals surface area contributed by atoms with E-state index in [9.17, 15) is 4.39 Å². The molecule has 0 saturated heterocycles. The highest BCUT2D eigenvalue weighted by atomic mass is 19.1. The number of hydrogen-bond acceptors (Lipinski definition) is 2. The minimum Gasteiger partial charge on any atom is -0.213 e. The van der Waals surface area contributed by atoms with Crippen LogP contribution in [0.1, 0.15) is 67.3 Å². The highest BCUT2D eigenvalue weighted by molar-refractivity contribution is 5.78. The van der Waals surface area contributed by atoms with Gasteiger partial charge in [0.05, 0.1) is 11.2 Å². The van der Waals surface area contributed by atoms with E-state index >= 15 is 0 Å². The van der Waals surface area contributed by atoms with Crippen LogP contribution in [0.2, 0.25) is 0 Å². The fraction of sp³-hybridized carbons (Fsp3) is 0.312. The third-order valence-corrected chi connectivity index (χ3v) is 6.91. The van der Waals surface area contributed by atoms with Crippen LogP contribution in [0, 0.1) is 12.7 Å². The van der Waals surface area contributed by atoms with E-state index in [0.29, 0.717) is 6.42 Å². The number of halogens is 1. The highest BCUT2D eigenvalue weighted by Crippen LogP contribution is 2.29. The molecule has 1 heterocycles. The molecular weight excluding hydrogens is 445 g/mol. The molecule has 4 heteroatoms. The fourth-order valence-corrected chi connectivity index (χ4v) is 4.77. The zero-order valence-corrected chi connectivity index (χ0v) is 21.8. The van der Waals surface area contributed by atoms with E-state index in [1.165, 1.54) is 27.8 Å². The van der Waals surface area contributed by atoms with Gasteiger partial charge < -0.3 is 0 Å². The van der Waals surface area contributed by atoms with E-state index in [-0.39, 0.29) is 5.82 Å². The molecule has 0 saturated carbocycles. The lowest BCUT2D eigenvalue weighted by molar-refractivity contribution is 0.606. The predicted octanol–water partition coefficient (Wildman–Crippen LogP) is 8.37. The third kappa shape index (κ3) is 5.81. The van der Waals surface area contributed by atoms with Gasteiger partial charge in [0, 0.05) is 0 Å². The maximum Gasteiger partial charge on any atom is 0.126 e. The van der Waals surface area contributed by atoms with Crippen molar-refractivity contribution in [1.29, 1.82) is 0 Å². The number of hydrogen-bond donors (Lipinski definition) is 0. The molecule has 0 N–H and O–H groups in total. The van der Waals surface area contributed by atoms with Crippen LogP contribution in [0.5, 0.6) is 0 Å². The minimum atomic E-state index is -0.113. The molecule has 0 amide bonds. The van der Waals surface area contributed by atoms with Gasteiger partial charge in [0.2, 0.25) is 0 Å². The fourth-order valence-electron chi connectivity index (χ4n) is 4.77. The summed E-state index contributed by atoms with van der Waals surface area (Å²) in [4.78, 5) is 0. The second kappa shape index (κ2) is 11.5. The standard InChI is InChI=1S/C32H36FN3/c1-6-23(4)15-17-26-21-25(16-18-29(26)33)11-7-8-12-27-28(22(2)3)19-24(5)20-32(27)36-31-14-10-9-13-30(31)34-35-36/h9-10,13-14,16,18-21H,2,4,6-8,11-12,15,17H2,1,3,5H3. The third-order valence-electron chi connectivity index (χ3n) is 6.91. The van der Waals surface area contributed by atoms with E-state index < -0.39 is 0 Å². The lowest BCUT2D eigenvalue weighted by Crippen LogP contribution is -2.06. The number of nitrogens with zero attached hydrogens (tertiary/aromatic N) is 3. The zero-order chi connectivity index (χ0) is 25.7. The van der Waals surface area contributed by atoms with E-state index in [1.54, 1.807) is 6.07 Å². The van der Waals surface area contributed by atoms with Crippen molar-refractivity contribution < 1.29 is 4.39 Å². The first-order valence-corrected chi connectivity index (χ1v) is 12.9. The van der Waals surface area contributed by atoms with Gasteiger partial charge in [0.25, 0.3) is 0 Å². The van der Waals surface area contributed by atoms with Crippen molar-refractivity contribution in [3.63, 3.8) is 0 Å². The van der Waals surface area contributed by atoms with Gasteiger partial charge in [0.15, 0.2) is 0 Å². The van der Waals surface area contributed by atoms with Gasteiger partial charge in [-0.2, -0.15) is 0 Å². The molecule has 0 aliphatic rings. The van der Waals surface area contributed by atoms with Gasteiger partial charge in [-0.15, -0.1) is 5.10 Å². The first-order valence-electron chi connectivity index (χ1n) is 12.9. The van der Waals surface area contributed by atoms with Crippen LogP contribution in [0.4, 0.5) is 4.39 Å². The average molecular weight is 482 g/mol. The van der Waals surface area contributed by atoms with Crippen LogP contribution in [-0.4, -0.2) is 15.0 Å². The van der Waals surface area contributed by atoms with Crippen molar-refractivity contribution in [2.75, 3.05) is 0 Å². The Morgan fingerprint density at radius 3 is 2.53 bits per heavy atom. The maximum atomic E-state index is 14.3. The molecule has 4 rings (SSSR count). The molecule has 0 aliphatic carbocycles. The van der Waals surface area contributed by atoms with Gasteiger partial charge in [0.1, 0.15) is 11.3 Å². The minimum absolute atomic E-state index is 0.113. The predicted molar refractivity (Wildman–Crippen MR) is 149 cm³/mol. The Morgan fingerprint density at radius 2 is 1.75 bits per heavy atom. The molecule has 1 aromatic heterocycles. The number of benzene rings is 3. The number of aryl methyl sites for hydroxylation is 3. The van der Waals surface area contributed by atoms with Gasteiger partial charge in [-0.25, -0.2) is 9.07 Å². The lowest BCUT2D eigenvalue weighted by atomic mass is 9.92.